The van der Waals surface area contributed by atoms with Gasteiger partial charge >= 0.3 is 6.18 Å². The summed E-state index contributed by atoms with van der Waals surface area (Å²) in [6, 6.07) is 6.10. The third-order valence-corrected chi connectivity index (χ3v) is 2.33. The molecule has 0 spiro atoms. The second-order valence-electron chi connectivity index (χ2n) is 3.98. The number of hydrogen-bond donors (Lipinski definition) is 1. The van der Waals surface area contributed by atoms with E-state index in [1.807, 2.05) is 0 Å². The summed E-state index contributed by atoms with van der Waals surface area (Å²) in [4.78, 5) is 0. The summed E-state index contributed by atoms with van der Waals surface area (Å²) < 4.78 is 46.3. The van der Waals surface area contributed by atoms with E-state index < -0.39 is 24.9 Å². The molecule has 0 aliphatic carbocycles. The van der Waals surface area contributed by atoms with Gasteiger partial charge < -0.3 is 15.2 Å². The van der Waals surface area contributed by atoms with Crippen LogP contribution in [-0.2, 0) is 4.74 Å². The van der Waals surface area contributed by atoms with Gasteiger partial charge in [0.05, 0.1) is 13.2 Å². The Kier molecular flexibility index (Phi) is 4.98. The molecular formula is C12H16F3NO2. The summed E-state index contributed by atoms with van der Waals surface area (Å²) in [6.45, 7) is 0.275. The predicted molar refractivity (Wildman–Crippen MR) is 61.4 cm³/mol. The lowest BCUT2D eigenvalue weighted by atomic mass is 10.0. The molecule has 1 aromatic rings. The normalized spacial score (nSPS) is 15.2. The third-order valence-electron chi connectivity index (χ3n) is 2.33. The number of benzene rings is 1. The van der Waals surface area contributed by atoms with Crippen LogP contribution in [0.25, 0.3) is 0 Å². The standard InChI is InChI=1S/C12H16F3NO2/c1-8(16)11(18-7-12(13,14)15)9-4-3-5-10(6-9)17-2/h3-6,8,11H,7,16H2,1-2H3. The lowest BCUT2D eigenvalue weighted by Gasteiger charge is -2.23. The van der Waals surface area contributed by atoms with Crippen molar-refractivity contribution in [3.05, 3.63) is 29.8 Å². The molecule has 1 rings (SSSR count). The first-order valence-electron chi connectivity index (χ1n) is 5.41. The van der Waals surface area contributed by atoms with Crippen molar-refractivity contribution in [3.63, 3.8) is 0 Å². The van der Waals surface area contributed by atoms with Gasteiger partial charge in [-0.25, -0.2) is 0 Å². The smallest absolute Gasteiger partial charge is 0.411 e. The van der Waals surface area contributed by atoms with Crippen LogP contribution in [0, 0.1) is 0 Å². The Morgan fingerprint density at radius 1 is 1.33 bits per heavy atom. The molecule has 102 valence electrons. The van der Waals surface area contributed by atoms with Crippen molar-refractivity contribution in [1.29, 1.82) is 0 Å². The average molecular weight is 263 g/mol. The number of alkyl halides is 3. The van der Waals surface area contributed by atoms with Crippen LogP contribution in [0.1, 0.15) is 18.6 Å². The zero-order valence-electron chi connectivity index (χ0n) is 10.2. The van der Waals surface area contributed by atoms with Gasteiger partial charge in [0, 0.05) is 6.04 Å². The van der Waals surface area contributed by atoms with Crippen molar-refractivity contribution in [2.45, 2.75) is 25.2 Å². The Hall–Kier alpha value is -1.27. The fourth-order valence-electron chi connectivity index (χ4n) is 1.55. The van der Waals surface area contributed by atoms with E-state index >= 15 is 0 Å². The van der Waals surface area contributed by atoms with Gasteiger partial charge in [-0.15, -0.1) is 0 Å². The monoisotopic (exact) mass is 263 g/mol. The molecular weight excluding hydrogens is 247 g/mol. The van der Waals surface area contributed by atoms with Crippen molar-refractivity contribution in [3.8, 4) is 5.75 Å². The first-order chi connectivity index (χ1) is 8.33. The Morgan fingerprint density at radius 2 is 2.00 bits per heavy atom. The third kappa shape index (κ3) is 4.54. The number of rotatable bonds is 5. The lowest BCUT2D eigenvalue weighted by molar-refractivity contribution is -0.187. The quantitative estimate of drug-likeness (QED) is 0.888. The van der Waals surface area contributed by atoms with Crippen LogP contribution in [0.3, 0.4) is 0 Å². The van der Waals surface area contributed by atoms with Crippen LogP contribution in [0.2, 0.25) is 0 Å². The SMILES string of the molecule is COc1cccc(C(OCC(F)(F)F)C(C)N)c1. The summed E-state index contributed by atoms with van der Waals surface area (Å²) in [6.07, 6.45) is -5.19. The predicted octanol–water partition coefficient (Wildman–Crippen LogP) is 2.66. The molecule has 0 saturated carbocycles. The van der Waals surface area contributed by atoms with E-state index in [0.717, 1.165) is 0 Å². The number of methoxy groups -OCH3 is 1. The fraction of sp³-hybridized carbons (Fsp3) is 0.500. The molecule has 0 saturated heterocycles. The second kappa shape index (κ2) is 6.06. The molecule has 2 N–H and O–H groups in total. The van der Waals surface area contributed by atoms with E-state index in [-0.39, 0.29) is 0 Å². The van der Waals surface area contributed by atoms with Crippen LogP contribution in [0.15, 0.2) is 24.3 Å². The van der Waals surface area contributed by atoms with Gasteiger partial charge in [0.15, 0.2) is 0 Å². The average Bonchev–Trinajstić information content (AvgIpc) is 2.27. The second-order valence-corrected chi connectivity index (χ2v) is 3.98. The van der Waals surface area contributed by atoms with E-state index in [4.69, 9.17) is 15.2 Å². The zero-order chi connectivity index (χ0) is 13.8. The summed E-state index contributed by atoms with van der Waals surface area (Å²) in [5.41, 5.74) is 6.22. The van der Waals surface area contributed by atoms with E-state index in [9.17, 15) is 13.2 Å². The number of hydrogen-bond acceptors (Lipinski definition) is 3. The van der Waals surface area contributed by atoms with Crippen molar-refractivity contribution in [2.75, 3.05) is 13.7 Å². The lowest BCUT2D eigenvalue weighted by Crippen LogP contribution is -2.30. The van der Waals surface area contributed by atoms with Gasteiger partial charge in [-0.1, -0.05) is 12.1 Å². The summed E-state index contributed by atoms with van der Waals surface area (Å²) in [5, 5.41) is 0. The Balaban J connectivity index is 2.83. The van der Waals surface area contributed by atoms with Gasteiger partial charge in [-0.2, -0.15) is 13.2 Å². The molecule has 1 aromatic carbocycles. The minimum atomic E-state index is -4.37. The summed E-state index contributed by atoms with van der Waals surface area (Å²) in [5.74, 6) is 0.550. The molecule has 0 bridgehead atoms. The van der Waals surface area contributed by atoms with Crippen molar-refractivity contribution < 1.29 is 22.6 Å². The molecule has 0 radical (unpaired) electrons. The zero-order valence-corrected chi connectivity index (χ0v) is 10.2. The fourth-order valence-corrected chi connectivity index (χ4v) is 1.55. The van der Waals surface area contributed by atoms with Crippen LogP contribution >= 0.6 is 0 Å². The first-order valence-corrected chi connectivity index (χ1v) is 5.41. The van der Waals surface area contributed by atoms with Crippen LogP contribution in [0.4, 0.5) is 13.2 Å². The van der Waals surface area contributed by atoms with E-state index in [0.29, 0.717) is 11.3 Å². The topological polar surface area (TPSA) is 44.5 Å². The molecule has 0 aliphatic heterocycles. The first kappa shape index (κ1) is 14.8. The highest BCUT2D eigenvalue weighted by molar-refractivity contribution is 5.30. The Morgan fingerprint density at radius 3 is 2.50 bits per heavy atom. The van der Waals surface area contributed by atoms with Crippen LogP contribution < -0.4 is 10.5 Å². The molecule has 2 unspecified atom stereocenters. The summed E-state index contributed by atoms with van der Waals surface area (Å²) >= 11 is 0. The Labute approximate surface area is 104 Å². The molecule has 0 aliphatic rings. The van der Waals surface area contributed by atoms with E-state index in [1.165, 1.54) is 7.11 Å². The number of nitrogens with two attached hydrogens (primary N) is 1. The number of halogens is 3. The van der Waals surface area contributed by atoms with Gasteiger partial charge in [0.1, 0.15) is 12.4 Å². The maximum absolute atomic E-state index is 12.2. The molecule has 0 heterocycles. The molecule has 0 aromatic heterocycles. The van der Waals surface area contributed by atoms with E-state index in [2.05, 4.69) is 0 Å². The largest absolute Gasteiger partial charge is 0.497 e. The maximum atomic E-state index is 12.2. The molecule has 2 atom stereocenters. The molecule has 18 heavy (non-hydrogen) atoms. The van der Waals surface area contributed by atoms with Crippen LogP contribution in [-0.4, -0.2) is 25.9 Å². The van der Waals surface area contributed by atoms with E-state index in [1.54, 1.807) is 31.2 Å². The van der Waals surface area contributed by atoms with Crippen molar-refractivity contribution in [2.24, 2.45) is 5.73 Å². The molecule has 3 nitrogen and oxygen atoms in total. The molecule has 0 amide bonds. The van der Waals surface area contributed by atoms with Gasteiger partial charge in [-0.05, 0) is 24.6 Å². The Bertz CT molecular complexity index is 380. The highest BCUT2D eigenvalue weighted by Crippen LogP contribution is 2.26. The molecule has 6 heteroatoms. The highest BCUT2D eigenvalue weighted by atomic mass is 19.4. The highest BCUT2D eigenvalue weighted by Gasteiger charge is 2.30. The van der Waals surface area contributed by atoms with Crippen LogP contribution in [0.5, 0.6) is 5.75 Å². The van der Waals surface area contributed by atoms with Gasteiger partial charge in [-0.3, -0.25) is 0 Å². The summed E-state index contributed by atoms with van der Waals surface area (Å²) in [7, 11) is 1.48. The van der Waals surface area contributed by atoms with Gasteiger partial charge in [0.2, 0.25) is 0 Å². The maximum Gasteiger partial charge on any atom is 0.411 e. The number of ether oxygens (including phenoxy) is 2. The van der Waals surface area contributed by atoms with Crippen molar-refractivity contribution in [1.82, 2.24) is 0 Å². The molecule has 0 fully saturated rings. The minimum absolute atomic E-state index is 0.550. The minimum Gasteiger partial charge on any atom is -0.497 e. The van der Waals surface area contributed by atoms with Gasteiger partial charge in [0.25, 0.3) is 0 Å². The van der Waals surface area contributed by atoms with Crippen molar-refractivity contribution >= 4 is 0 Å².